The molecule has 194 valence electrons. The molecule has 3 amide bonds. The van der Waals surface area contributed by atoms with Gasteiger partial charge in [0.25, 0.3) is 17.7 Å². The molecule has 3 aromatic carbocycles. The summed E-state index contributed by atoms with van der Waals surface area (Å²) in [4.78, 5) is 51.4. The van der Waals surface area contributed by atoms with Gasteiger partial charge >= 0.3 is 5.97 Å². The SMILES string of the molecule is CCCOC(=O)c1cccc(NC(=O)c2ccc(NC3=C(Cl)C(=O)N(c4cc(Cl)ccc4Cl)C3=O)cc2)c1. The number of rotatable bonds is 8. The van der Waals surface area contributed by atoms with Crippen molar-refractivity contribution in [3.63, 3.8) is 0 Å². The first-order chi connectivity index (χ1) is 18.2. The maximum absolute atomic E-state index is 13.0. The van der Waals surface area contributed by atoms with Crippen molar-refractivity contribution in [2.24, 2.45) is 0 Å². The first-order valence-electron chi connectivity index (χ1n) is 11.4. The van der Waals surface area contributed by atoms with Crippen LogP contribution < -0.4 is 15.5 Å². The van der Waals surface area contributed by atoms with Crippen molar-refractivity contribution < 1.29 is 23.9 Å². The van der Waals surface area contributed by atoms with Gasteiger partial charge in [-0.15, -0.1) is 0 Å². The summed E-state index contributed by atoms with van der Waals surface area (Å²) in [5.41, 5.74) is 1.45. The molecule has 8 nitrogen and oxygen atoms in total. The summed E-state index contributed by atoms with van der Waals surface area (Å²) < 4.78 is 5.12. The van der Waals surface area contributed by atoms with Crippen LogP contribution in [-0.4, -0.2) is 30.3 Å². The minimum Gasteiger partial charge on any atom is -0.462 e. The van der Waals surface area contributed by atoms with Gasteiger partial charge in [-0.1, -0.05) is 47.8 Å². The minimum atomic E-state index is -0.750. The molecule has 0 radical (unpaired) electrons. The third kappa shape index (κ3) is 5.83. The molecule has 2 N–H and O–H groups in total. The summed E-state index contributed by atoms with van der Waals surface area (Å²) in [5, 5.41) is 5.69. The third-order valence-corrected chi connectivity index (χ3v) is 6.29. The first kappa shape index (κ1) is 27.2. The average Bonchev–Trinajstić information content (AvgIpc) is 3.12. The number of anilines is 3. The Bertz CT molecular complexity index is 1470. The molecule has 0 aromatic heterocycles. The Morgan fingerprint density at radius 2 is 1.61 bits per heavy atom. The van der Waals surface area contributed by atoms with E-state index in [2.05, 4.69) is 10.6 Å². The van der Waals surface area contributed by atoms with Gasteiger partial charge in [0, 0.05) is 22.0 Å². The molecule has 0 saturated carbocycles. The Morgan fingerprint density at radius 3 is 2.32 bits per heavy atom. The maximum atomic E-state index is 13.0. The van der Waals surface area contributed by atoms with Crippen LogP contribution >= 0.6 is 34.8 Å². The van der Waals surface area contributed by atoms with Gasteiger partial charge in [-0.3, -0.25) is 14.4 Å². The largest absolute Gasteiger partial charge is 0.462 e. The lowest BCUT2D eigenvalue weighted by Gasteiger charge is -2.17. The van der Waals surface area contributed by atoms with Gasteiger partial charge in [-0.2, -0.15) is 0 Å². The number of imide groups is 1. The maximum Gasteiger partial charge on any atom is 0.338 e. The van der Waals surface area contributed by atoms with E-state index in [1.54, 1.807) is 30.3 Å². The quantitative estimate of drug-likeness (QED) is 0.244. The molecule has 0 bridgehead atoms. The molecule has 11 heteroatoms. The van der Waals surface area contributed by atoms with Crippen molar-refractivity contribution in [2.45, 2.75) is 13.3 Å². The second-order valence-electron chi connectivity index (χ2n) is 8.10. The van der Waals surface area contributed by atoms with Crippen LogP contribution in [0.2, 0.25) is 10.0 Å². The van der Waals surface area contributed by atoms with Crippen molar-refractivity contribution >= 4 is 75.6 Å². The van der Waals surface area contributed by atoms with E-state index in [9.17, 15) is 19.2 Å². The number of nitrogens with zero attached hydrogens (tertiary/aromatic N) is 1. The van der Waals surface area contributed by atoms with Crippen molar-refractivity contribution in [3.8, 4) is 0 Å². The zero-order chi connectivity index (χ0) is 27.4. The monoisotopic (exact) mass is 571 g/mol. The predicted molar refractivity (Wildman–Crippen MR) is 147 cm³/mol. The van der Waals surface area contributed by atoms with Crippen LogP contribution in [0.25, 0.3) is 0 Å². The number of nitrogens with one attached hydrogen (secondary N) is 2. The van der Waals surface area contributed by atoms with E-state index in [0.29, 0.717) is 40.6 Å². The van der Waals surface area contributed by atoms with Gasteiger partial charge in [0.05, 0.1) is 22.9 Å². The van der Waals surface area contributed by atoms with E-state index in [-0.39, 0.29) is 21.4 Å². The molecule has 0 unspecified atom stereocenters. The number of carbonyl (C=O) groups excluding carboxylic acids is 4. The highest BCUT2D eigenvalue weighted by Gasteiger charge is 2.40. The van der Waals surface area contributed by atoms with Crippen LogP contribution in [-0.2, 0) is 14.3 Å². The van der Waals surface area contributed by atoms with Crippen molar-refractivity contribution in [2.75, 3.05) is 22.1 Å². The lowest BCUT2D eigenvalue weighted by Crippen LogP contribution is -2.32. The van der Waals surface area contributed by atoms with E-state index in [1.165, 1.54) is 36.4 Å². The number of amides is 3. The second-order valence-corrected chi connectivity index (χ2v) is 9.33. The molecule has 0 saturated heterocycles. The summed E-state index contributed by atoms with van der Waals surface area (Å²) in [7, 11) is 0. The van der Waals surface area contributed by atoms with E-state index < -0.39 is 23.7 Å². The average molecular weight is 573 g/mol. The van der Waals surface area contributed by atoms with Gasteiger partial charge < -0.3 is 15.4 Å². The van der Waals surface area contributed by atoms with E-state index in [1.807, 2.05) is 6.92 Å². The topological polar surface area (TPSA) is 105 Å². The zero-order valence-corrected chi connectivity index (χ0v) is 22.2. The number of carbonyl (C=O) groups is 4. The van der Waals surface area contributed by atoms with E-state index >= 15 is 0 Å². The molecular weight excluding hydrogens is 553 g/mol. The van der Waals surface area contributed by atoms with Crippen molar-refractivity contribution in [1.82, 2.24) is 0 Å². The Hall–Kier alpha value is -3.85. The smallest absolute Gasteiger partial charge is 0.338 e. The number of halogens is 3. The van der Waals surface area contributed by atoms with Crippen molar-refractivity contribution in [1.29, 1.82) is 0 Å². The lowest BCUT2D eigenvalue weighted by molar-refractivity contribution is -0.120. The van der Waals surface area contributed by atoms with Crippen LogP contribution in [0.1, 0.15) is 34.1 Å². The predicted octanol–water partition coefficient (Wildman–Crippen LogP) is 6.25. The Labute approximate surface area is 233 Å². The number of ether oxygens (including phenoxy) is 1. The van der Waals surface area contributed by atoms with Gasteiger partial charge in [-0.25, -0.2) is 9.69 Å². The fourth-order valence-corrected chi connectivity index (χ4v) is 4.12. The number of benzene rings is 3. The molecule has 0 fully saturated rings. The van der Waals surface area contributed by atoms with Crippen molar-refractivity contribution in [3.05, 3.63) is 98.6 Å². The highest BCUT2D eigenvalue weighted by atomic mass is 35.5. The number of hydrogen-bond acceptors (Lipinski definition) is 6. The summed E-state index contributed by atoms with van der Waals surface area (Å²) in [6.07, 6.45) is 0.704. The normalized spacial score (nSPS) is 13.1. The standard InChI is InChI=1S/C27H20Cl3N3O5/c1-2-12-38-27(37)16-4-3-5-19(13-16)32-24(34)15-6-9-18(10-7-15)31-23-22(30)25(35)33(26(23)36)21-14-17(28)8-11-20(21)29/h3-11,13-14,31H,2,12H2,1H3,(H,32,34). The fraction of sp³-hybridized carbons (Fsp3) is 0.111. The molecule has 1 heterocycles. The van der Waals surface area contributed by atoms with Gasteiger partial charge in [0.2, 0.25) is 0 Å². The summed E-state index contributed by atoms with van der Waals surface area (Å²) in [5.74, 6) is -2.34. The highest BCUT2D eigenvalue weighted by molar-refractivity contribution is 6.54. The van der Waals surface area contributed by atoms with Gasteiger partial charge in [0.15, 0.2) is 0 Å². The Balaban J connectivity index is 1.45. The minimum absolute atomic E-state index is 0.110. The van der Waals surface area contributed by atoms with Gasteiger partial charge in [0.1, 0.15) is 10.7 Å². The molecule has 1 aliphatic heterocycles. The number of esters is 1. The fourth-order valence-electron chi connectivity index (χ4n) is 3.54. The molecule has 38 heavy (non-hydrogen) atoms. The van der Waals surface area contributed by atoms with Crippen LogP contribution in [0, 0.1) is 0 Å². The zero-order valence-electron chi connectivity index (χ0n) is 19.9. The summed E-state index contributed by atoms with van der Waals surface area (Å²) >= 11 is 18.3. The molecule has 4 rings (SSSR count). The second kappa shape index (κ2) is 11.7. The summed E-state index contributed by atoms with van der Waals surface area (Å²) in [6.45, 7) is 2.21. The van der Waals surface area contributed by atoms with Crippen LogP contribution in [0.5, 0.6) is 0 Å². The van der Waals surface area contributed by atoms with Crippen LogP contribution in [0.15, 0.2) is 77.5 Å². The van der Waals surface area contributed by atoms with E-state index in [0.717, 1.165) is 4.90 Å². The van der Waals surface area contributed by atoms with Crippen LogP contribution in [0.4, 0.5) is 17.1 Å². The molecule has 3 aromatic rings. The Kier molecular flexibility index (Phi) is 8.36. The Morgan fingerprint density at radius 1 is 0.868 bits per heavy atom. The van der Waals surface area contributed by atoms with E-state index in [4.69, 9.17) is 39.5 Å². The third-order valence-electron chi connectivity index (χ3n) is 5.39. The molecule has 0 atom stereocenters. The summed E-state index contributed by atoms with van der Waals surface area (Å²) in [6, 6.07) is 17.0. The molecule has 0 aliphatic carbocycles. The van der Waals surface area contributed by atoms with Crippen LogP contribution in [0.3, 0.4) is 0 Å². The van der Waals surface area contributed by atoms with Gasteiger partial charge in [-0.05, 0) is 67.1 Å². The first-order valence-corrected chi connectivity index (χ1v) is 12.5. The molecule has 1 aliphatic rings. The molecular formula is C27H20Cl3N3O5. The number of hydrogen-bond donors (Lipinski definition) is 2. The highest BCUT2D eigenvalue weighted by Crippen LogP contribution is 2.35. The lowest BCUT2D eigenvalue weighted by atomic mass is 10.1. The molecule has 0 spiro atoms.